The summed E-state index contributed by atoms with van der Waals surface area (Å²) in [7, 11) is 0. The molecular formula is C61H104O5. The lowest BCUT2D eigenvalue weighted by molar-refractivity contribution is -0.163. The van der Waals surface area contributed by atoms with Crippen molar-refractivity contribution < 1.29 is 23.8 Å². The lowest BCUT2D eigenvalue weighted by atomic mass is 10.1. The molecule has 0 heterocycles. The van der Waals surface area contributed by atoms with E-state index >= 15 is 0 Å². The molecule has 0 aromatic carbocycles. The van der Waals surface area contributed by atoms with Gasteiger partial charge in [-0.15, -0.1) is 0 Å². The monoisotopic (exact) mass is 917 g/mol. The number of carbonyl (C=O) groups excluding carboxylic acids is 2. The van der Waals surface area contributed by atoms with E-state index in [9.17, 15) is 9.59 Å². The number of hydrogen-bond donors (Lipinski definition) is 0. The number of allylic oxidation sites excluding steroid dienone is 16. The van der Waals surface area contributed by atoms with Gasteiger partial charge in [0.1, 0.15) is 6.61 Å². The molecule has 0 fully saturated rings. The maximum atomic E-state index is 12.8. The number of unbranched alkanes of at least 4 members (excludes halogenated alkanes) is 23. The van der Waals surface area contributed by atoms with Gasteiger partial charge in [0.05, 0.1) is 6.61 Å². The number of ether oxygens (including phenoxy) is 3. The van der Waals surface area contributed by atoms with E-state index in [-0.39, 0.29) is 25.2 Å². The van der Waals surface area contributed by atoms with Crippen LogP contribution in [0.3, 0.4) is 0 Å². The van der Waals surface area contributed by atoms with E-state index in [1.807, 2.05) is 0 Å². The Balaban J connectivity index is 4.34. The van der Waals surface area contributed by atoms with E-state index in [1.54, 1.807) is 0 Å². The Bertz CT molecular complexity index is 1270. The quantitative estimate of drug-likeness (QED) is 0.0346. The van der Waals surface area contributed by atoms with Crippen molar-refractivity contribution in [3.8, 4) is 0 Å². The van der Waals surface area contributed by atoms with Crippen LogP contribution in [0.2, 0.25) is 0 Å². The minimum Gasteiger partial charge on any atom is -0.462 e. The maximum Gasteiger partial charge on any atom is 0.306 e. The molecule has 378 valence electrons. The molecule has 0 radical (unpaired) electrons. The Morgan fingerprint density at radius 2 is 0.712 bits per heavy atom. The fraction of sp³-hybridized carbons (Fsp3) is 0.705. The lowest BCUT2D eigenvalue weighted by Gasteiger charge is -2.18. The first-order chi connectivity index (χ1) is 32.6. The predicted molar refractivity (Wildman–Crippen MR) is 288 cm³/mol. The molecule has 0 rings (SSSR count). The molecule has 5 nitrogen and oxygen atoms in total. The summed E-state index contributed by atoms with van der Waals surface area (Å²) in [5, 5.41) is 0. The van der Waals surface area contributed by atoms with Crippen molar-refractivity contribution in [3.05, 3.63) is 97.2 Å². The molecule has 0 aromatic heterocycles. The molecular weight excluding hydrogens is 813 g/mol. The van der Waals surface area contributed by atoms with Gasteiger partial charge in [0, 0.05) is 19.4 Å². The molecule has 0 aliphatic heterocycles. The summed E-state index contributed by atoms with van der Waals surface area (Å²) in [6, 6.07) is 0. The van der Waals surface area contributed by atoms with Gasteiger partial charge in [0.25, 0.3) is 0 Å². The maximum absolute atomic E-state index is 12.8. The van der Waals surface area contributed by atoms with Gasteiger partial charge >= 0.3 is 11.9 Å². The predicted octanol–water partition coefficient (Wildman–Crippen LogP) is 19.0. The average molecular weight is 917 g/mol. The van der Waals surface area contributed by atoms with Crippen LogP contribution in [0.1, 0.15) is 252 Å². The van der Waals surface area contributed by atoms with Crippen LogP contribution in [0.15, 0.2) is 97.2 Å². The first-order valence-electron chi connectivity index (χ1n) is 27.8. The summed E-state index contributed by atoms with van der Waals surface area (Å²) in [4.78, 5) is 25.5. The zero-order valence-electron chi connectivity index (χ0n) is 43.4. The first kappa shape index (κ1) is 62.8. The number of hydrogen-bond acceptors (Lipinski definition) is 5. The summed E-state index contributed by atoms with van der Waals surface area (Å²) in [5.41, 5.74) is 0. The van der Waals surface area contributed by atoms with Gasteiger partial charge in [-0.05, 0) is 116 Å². The fourth-order valence-corrected chi connectivity index (χ4v) is 7.45. The summed E-state index contributed by atoms with van der Waals surface area (Å²) < 4.78 is 17.4. The molecule has 0 bridgehead atoms. The van der Waals surface area contributed by atoms with Crippen molar-refractivity contribution >= 4 is 11.9 Å². The topological polar surface area (TPSA) is 61.8 Å². The normalized spacial score (nSPS) is 13.0. The van der Waals surface area contributed by atoms with Gasteiger partial charge in [-0.3, -0.25) is 9.59 Å². The van der Waals surface area contributed by atoms with Crippen molar-refractivity contribution in [2.24, 2.45) is 0 Å². The SMILES string of the molecule is CC/C=C\C/C=C\C/C=C\C/C=C\C/C=C\CCCCCCOCC(COC(=O)CCCCCCCCC/C=C\CCCCCCCC)OC(=O)CCCCCCC/C=C\C/C=C\CCC. The summed E-state index contributed by atoms with van der Waals surface area (Å²) >= 11 is 0. The standard InChI is InChI=1S/C61H104O5/c1-4-7-10-13-16-19-22-25-27-29-30-31-33-35-38-41-44-47-50-53-56-64-57-59(66-61(63)55-52-49-46-43-40-36-24-21-18-15-12-9-6-3)58-65-60(62)54-51-48-45-42-39-37-34-32-28-26-23-20-17-14-11-8-5-2/h7,10,12,15-16,19,21,24-28,30-31,35,38,59H,4-6,8-9,11,13-14,17-18,20,22-23,29,32-34,36-37,39-58H2,1-3H3/b10-7-,15-12-,19-16-,24-21-,27-25-,28-26-,31-30-,38-35-. The zero-order valence-corrected chi connectivity index (χ0v) is 43.4. The molecule has 0 spiro atoms. The van der Waals surface area contributed by atoms with Crippen LogP contribution in [0.25, 0.3) is 0 Å². The third-order valence-electron chi connectivity index (χ3n) is 11.6. The summed E-state index contributed by atoms with van der Waals surface area (Å²) in [5.74, 6) is -0.433. The van der Waals surface area contributed by atoms with E-state index in [0.717, 1.165) is 116 Å². The highest BCUT2D eigenvalue weighted by molar-refractivity contribution is 5.70. The molecule has 0 aromatic rings. The summed E-state index contributed by atoms with van der Waals surface area (Å²) in [6.07, 6.45) is 75.6. The second-order valence-corrected chi connectivity index (χ2v) is 18.1. The van der Waals surface area contributed by atoms with Crippen LogP contribution in [0, 0.1) is 0 Å². The lowest BCUT2D eigenvalue weighted by Crippen LogP contribution is -2.30. The van der Waals surface area contributed by atoms with Crippen molar-refractivity contribution in [1.29, 1.82) is 0 Å². The number of rotatable bonds is 50. The molecule has 0 saturated carbocycles. The molecule has 0 saturated heterocycles. The molecule has 66 heavy (non-hydrogen) atoms. The number of carbonyl (C=O) groups is 2. The van der Waals surface area contributed by atoms with Crippen LogP contribution in [-0.4, -0.2) is 37.9 Å². The molecule has 0 aliphatic rings. The highest BCUT2D eigenvalue weighted by Gasteiger charge is 2.17. The van der Waals surface area contributed by atoms with Crippen molar-refractivity contribution in [2.75, 3.05) is 19.8 Å². The van der Waals surface area contributed by atoms with E-state index in [1.165, 1.54) is 103 Å². The van der Waals surface area contributed by atoms with Gasteiger partial charge in [-0.25, -0.2) is 0 Å². The van der Waals surface area contributed by atoms with E-state index in [4.69, 9.17) is 14.2 Å². The molecule has 0 aliphatic carbocycles. The van der Waals surface area contributed by atoms with Crippen molar-refractivity contribution in [1.82, 2.24) is 0 Å². The highest BCUT2D eigenvalue weighted by atomic mass is 16.6. The zero-order chi connectivity index (χ0) is 47.7. The minimum atomic E-state index is -0.564. The Morgan fingerprint density at radius 1 is 0.348 bits per heavy atom. The Labute approximate surface area is 409 Å². The molecule has 1 unspecified atom stereocenters. The average Bonchev–Trinajstić information content (AvgIpc) is 3.32. The van der Waals surface area contributed by atoms with Gasteiger partial charge in [-0.1, -0.05) is 221 Å². The van der Waals surface area contributed by atoms with Crippen LogP contribution >= 0.6 is 0 Å². The Morgan fingerprint density at radius 3 is 1.17 bits per heavy atom. The van der Waals surface area contributed by atoms with Crippen molar-refractivity contribution in [3.63, 3.8) is 0 Å². The summed E-state index contributed by atoms with van der Waals surface area (Å²) in [6.45, 7) is 7.58. The van der Waals surface area contributed by atoms with Gasteiger partial charge in [0.15, 0.2) is 6.10 Å². The second kappa shape index (κ2) is 56.1. The third kappa shape index (κ3) is 53.4. The largest absolute Gasteiger partial charge is 0.462 e. The minimum absolute atomic E-state index is 0.0626. The smallest absolute Gasteiger partial charge is 0.306 e. The van der Waals surface area contributed by atoms with Gasteiger partial charge in [-0.2, -0.15) is 0 Å². The molecule has 5 heteroatoms. The second-order valence-electron chi connectivity index (χ2n) is 18.1. The van der Waals surface area contributed by atoms with Crippen LogP contribution in [-0.2, 0) is 23.8 Å². The van der Waals surface area contributed by atoms with Crippen LogP contribution < -0.4 is 0 Å². The molecule has 0 N–H and O–H groups in total. The van der Waals surface area contributed by atoms with Gasteiger partial charge in [0.2, 0.25) is 0 Å². The Kier molecular flexibility index (Phi) is 53.4. The van der Waals surface area contributed by atoms with E-state index in [2.05, 4.69) is 118 Å². The van der Waals surface area contributed by atoms with E-state index in [0.29, 0.717) is 19.4 Å². The van der Waals surface area contributed by atoms with Crippen LogP contribution in [0.5, 0.6) is 0 Å². The first-order valence-corrected chi connectivity index (χ1v) is 27.8. The molecule has 0 amide bonds. The van der Waals surface area contributed by atoms with Crippen LogP contribution in [0.4, 0.5) is 0 Å². The third-order valence-corrected chi connectivity index (χ3v) is 11.6. The van der Waals surface area contributed by atoms with E-state index < -0.39 is 6.10 Å². The Hall–Kier alpha value is -3.18. The molecule has 1 atom stereocenters. The van der Waals surface area contributed by atoms with Gasteiger partial charge < -0.3 is 14.2 Å². The fourth-order valence-electron chi connectivity index (χ4n) is 7.45. The highest BCUT2D eigenvalue weighted by Crippen LogP contribution is 2.14. The van der Waals surface area contributed by atoms with Crippen molar-refractivity contribution in [2.45, 2.75) is 258 Å². The number of esters is 2.